The van der Waals surface area contributed by atoms with E-state index in [9.17, 15) is 4.79 Å². The molecule has 0 bridgehead atoms. The van der Waals surface area contributed by atoms with Crippen LogP contribution in [-0.4, -0.2) is 24.7 Å². The number of hydrogen-bond acceptors (Lipinski definition) is 1. The first-order chi connectivity index (χ1) is 6.02. The minimum atomic E-state index is -1.90. The molecule has 0 aromatic carbocycles. The Kier molecular flexibility index (Phi) is 3.84. The first kappa shape index (κ1) is 11.5. The molecule has 0 aliphatic heterocycles. The fraction of sp³-hybridized carbons (Fsp3) is 0.909. The van der Waals surface area contributed by atoms with Crippen LogP contribution in [0.25, 0.3) is 0 Å². The zero-order valence-electron chi connectivity index (χ0n) is 9.23. The van der Waals surface area contributed by atoms with Crippen LogP contribution in [-0.2, 0) is 4.79 Å². The summed E-state index contributed by atoms with van der Waals surface area (Å²) in [5.74, 6) is 0. The van der Waals surface area contributed by atoms with Gasteiger partial charge in [-0.3, -0.25) is 0 Å². The normalized spacial score (nSPS) is 22.7. The van der Waals surface area contributed by atoms with Crippen LogP contribution in [0.3, 0.4) is 0 Å². The summed E-state index contributed by atoms with van der Waals surface area (Å²) in [6, 6.07) is 0. The number of carbonyl (C=O) groups is 1. The van der Waals surface area contributed by atoms with Gasteiger partial charge in [-0.15, -0.1) is 0 Å². The third kappa shape index (κ3) is 2.48. The Morgan fingerprint density at radius 1 is 1.15 bits per heavy atom. The second-order valence-electron chi connectivity index (χ2n) is 5.46. The van der Waals surface area contributed by atoms with Gasteiger partial charge >= 0.3 is 86.2 Å². The molecule has 13 heavy (non-hydrogen) atoms. The van der Waals surface area contributed by atoms with E-state index in [1.54, 1.807) is 0 Å². The molecule has 0 aromatic rings. The van der Waals surface area contributed by atoms with Crippen molar-refractivity contribution in [2.45, 2.75) is 56.8 Å². The fourth-order valence-corrected chi connectivity index (χ4v) is 9.92. The zero-order chi connectivity index (χ0) is 9.95. The van der Waals surface area contributed by atoms with E-state index in [1.807, 2.05) is 0 Å². The van der Waals surface area contributed by atoms with Gasteiger partial charge in [0.25, 0.3) is 0 Å². The van der Waals surface area contributed by atoms with E-state index in [0.717, 1.165) is 6.42 Å². The van der Waals surface area contributed by atoms with E-state index < -0.39 is 18.4 Å². The third-order valence-electron chi connectivity index (χ3n) is 3.88. The summed E-state index contributed by atoms with van der Waals surface area (Å²) < 4.78 is 0.509. The summed E-state index contributed by atoms with van der Waals surface area (Å²) in [7, 11) is 0. The second kappa shape index (κ2) is 4.33. The van der Waals surface area contributed by atoms with Gasteiger partial charge in [-0.05, 0) is 0 Å². The van der Waals surface area contributed by atoms with Crippen LogP contribution in [0.15, 0.2) is 0 Å². The number of carbonyl (C=O) groups excluding carboxylic acids is 1. The Labute approximate surface area is 86.2 Å². The van der Waals surface area contributed by atoms with Gasteiger partial charge in [0.05, 0.1) is 0 Å². The van der Waals surface area contributed by atoms with Crippen molar-refractivity contribution >= 4 is 24.7 Å². The van der Waals surface area contributed by atoms with Crippen LogP contribution < -0.4 is 0 Å². The Bertz CT molecular complexity index is 175. The van der Waals surface area contributed by atoms with Crippen LogP contribution in [0, 0.1) is 0 Å². The Hall–Kier alpha value is 0.469. The van der Waals surface area contributed by atoms with Crippen LogP contribution in [0.4, 0.5) is 0 Å². The molecule has 1 rings (SSSR count). The number of hydrogen-bond donors (Lipinski definition) is 0. The van der Waals surface area contributed by atoms with Gasteiger partial charge in [0.2, 0.25) is 0 Å². The summed E-state index contributed by atoms with van der Waals surface area (Å²) in [4.78, 5) is 18.2. The zero-order valence-corrected chi connectivity index (χ0v) is 12.1. The molecule has 1 aliphatic carbocycles. The molecular weight excluding hydrogens is 267 g/mol. The van der Waals surface area contributed by atoms with E-state index >= 15 is 0 Å². The molecule has 0 saturated heterocycles. The Morgan fingerprint density at radius 3 is 2.08 bits per heavy atom. The summed E-state index contributed by atoms with van der Waals surface area (Å²) in [5, 5.41) is 0. The van der Waals surface area contributed by atoms with Gasteiger partial charge in [0, 0.05) is 0 Å². The maximum atomic E-state index is 10.8. The van der Waals surface area contributed by atoms with Crippen LogP contribution in [0.5, 0.6) is 0 Å². The summed E-state index contributed by atoms with van der Waals surface area (Å²) >= 11 is -1.90. The summed E-state index contributed by atoms with van der Waals surface area (Å²) in [6.07, 6.45) is 8.82. The third-order valence-corrected chi connectivity index (χ3v) is 15.0. The van der Waals surface area contributed by atoms with Crippen molar-refractivity contribution in [2.75, 3.05) is 0 Å². The fourth-order valence-electron chi connectivity index (χ4n) is 2.65. The van der Waals surface area contributed by atoms with Crippen molar-refractivity contribution in [1.29, 1.82) is 0 Å². The predicted molar refractivity (Wildman–Crippen MR) is 59.8 cm³/mol. The molecule has 76 valence electrons. The summed E-state index contributed by atoms with van der Waals surface area (Å²) in [5.41, 5.74) is 0. The quantitative estimate of drug-likeness (QED) is 0.573. The average Bonchev–Trinajstić information content (AvgIpc) is 2.04. The Balaban J connectivity index is 2.78. The summed E-state index contributed by atoms with van der Waals surface area (Å²) in [6.45, 7) is 0. The second-order valence-corrected chi connectivity index (χ2v) is 21.3. The molecular formula is C11H22OSn. The van der Waals surface area contributed by atoms with E-state index in [2.05, 4.69) is 14.8 Å². The van der Waals surface area contributed by atoms with Gasteiger partial charge in [0.15, 0.2) is 0 Å². The molecule has 0 N–H and O–H groups in total. The standard InChI is InChI=1S/C8H13O.3CH3.Sn/c9-7-6-8-4-2-1-3-5-8;;;;/h7H,1-6H2;3*1H3;. The van der Waals surface area contributed by atoms with Crippen molar-refractivity contribution in [3.05, 3.63) is 0 Å². The van der Waals surface area contributed by atoms with E-state index in [1.165, 1.54) is 38.4 Å². The van der Waals surface area contributed by atoms with Crippen molar-refractivity contribution in [2.24, 2.45) is 0 Å². The molecule has 0 unspecified atom stereocenters. The van der Waals surface area contributed by atoms with Crippen LogP contribution in [0.1, 0.15) is 38.5 Å². The van der Waals surface area contributed by atoms with Gasteiger partial charge in [-0.25, -0.2) is 0 Å². The topological polar surface area (TPSA) is 17.1 Å². The first-order valence-corrected chi connectivity index (χ1v) is 15.4. The van der Waals surface area contributed by atoms with Gasteiger partial charge in [-0.1, -0.05) is 0 Å². The van der Waals surface area contributed by atoms with Gasteiger partial charge < -0.3 is 0 Å². The molecule has 0 heterocycles. The molecule has 1 aliphatic rings. The monoisotopic (exact) mass is 290 g/mol. The molecule has 1 saturated carbocycles. The molecule has 0 amide bonds. The maximum absolute atomic E-state index is 10.8. The predicted octanol–water partition coefficient (Wildman–Crippen LogP) is 3.62. The Morgan fingerprint density at radius 2 is 1.69 bits per heavy atom. The first-order valence-electron chi connectivity index (χ1n) is 5.45. The van der Waals surface area contributed by atoms with Crippen LogP contribution >= 0.6 is 0 Å². The van der Waals surface area contributed by atoms with Crippen molar-refractivity contribution < 1.29 is 4.79 Å². The molecule has 1 fully saturated rings. The van der Waals surface area contributed by atoms with E-state index in [4.69, 9.17) is 0 Å². The molecule has 0 atom stereocenters. The van der Waals surface area contributed by atoms with Gasteiger partial charge in [0.1, 0.15) is 0 Å². The van der Waals surface area contributed by atoms with Crippen LogP contribution in [0.2, 0.25) is 18.2 Å². The van der Waals surface area contributed by atoms with Crippen molar-refractivity contribution in [3.63, 3.8) is 0 Å². The number of aldehydes is 1. The molecule has 2 heteroatoms. The molecule has 1 nitrogen and oxygen atoms in total. The number of rotatable bonds is 3. The van der Waals surface area contributed by atoms with E-state index in [-0.39, 0.29) is 0 Å². The molecule has 0 radical (unpaired) electrons. The van der Waals surface area contributed by atoms with Gasteiger partial charge in [-0.2, -0.15) is 0 Å². The molecule has 0 aromatic heterocycles. The van der Waals surface area contributed by atoms with E-state index in [0.29, 0.717) is 3.43 Å². The SMILES string of the molecule is [CH3][Sn]([CH3])([CH3])[C]1(CC=O)CCCCC1. The molecule has 0 spiro atoms. The van der Waals surface area contributed by atoms with Crippen molar-refractivity contribution in [3.8, 4) is 0 Å². The average molecular weight is 289 g/mol. The minimum absolute atomic E-state index is 0.509. The van der Waals surface area contributed by atoms with Crippen molar-refractivity contribution in [1.82, 2.24) is 0 Å².